The molecule has 0 N–H and O–H groups in total. The van der Waals surface area contributed by atoms with Gasteiger partial charge < -0.3 is 18.9 Å². The van der Waals surface area contributed by atoms with Gasteiger partial charge in [0.2, 0.25) is 11.7 Å². The molecule has 0 saturated heterocycles. The molecular weight excluding hydrogens is 377 g/mol. The van der Waals surface area contributed by atoms with Crippen molar-refractivity contribution in [2.24, 2.45) is 0 Å². The number of carbonyl (C=O) groups excluding carboxylic acids is 1. The van der Waals surface area contributed by atoms with Crippen LogP contribution < -0.4 is 9.47 Å². The van der Waals surface area contributed by atoms with E-state index in [-0.39, 0.29) is 24.0 Å². The monoisotopic (exact) mass is 399 g/mol. The summed E-state index contributed by atoms with van der Waals surface area (Å²) < 4.78 is 29.9. The zero-order chi connectivity index (χ0) is 21.0. The summed E-state index contributed by atoms with van der Waals surface area (Å²) in [6, 6.07) is 10.9. The van der Waals surface area contributed by atoms with Gasteiger partial charge in [-0.05, 0) is 44.2 Å². The van der Waals surface area contributed by atoms with Crippen LogP contribution in [0.15, 0.2) is 47.0 Å². The Balaban J connectivity index is 1.84. The summed E-state index contributed by atoms with van der Waals surface area (Å²) in [4.78, 5) is 18.7. The van der Waals surface area contributed by atoms with Crippen LogP contribution in [0.25, 0.3) is 11.4 Å². The van der Waals surface area contributed by atoms with E-state index in [9.17, 15) is 9.18 Å². The van der Waals surface area contributed by atoms with E-state index in [0.717, 1.165) is 0 Å². The van der Waals surface area contributed by atoms with Crippen LogP contribution in [-0.2, 0) is 6.54 Å². The van der Waals surface area contributed by atoms with E-state index >= 15 is 0 Å². The maximum Gasteiger partial charge on any atom is 0.257 e. The zero-order valence-corrected chi connectivity index (χ0v) is 16.7. The fourth-order valence-corrected chi connectivity index (χ4v) is 2.84. The van der Waals surface area contributed by atoms with Gasteiger partial charge in [-0.15, -0.1) is 0 Å². The highest BCUT2D eigenvalue weighted by Crippen LogP contribution is 2.31. The molecule has 1 aromatic heterocycles. The summed E-state index contributed by atoms with van der Waals surface area (Å²) in [7, 11) is 3.09. The molecule has 0 fully saturated rings. The lowest BCUT2D eigenvalue weighted by Crippen LogP contribution is -2.37. The third-order valence-corrected chi connectivity index (χ3v) is 4.40. The average Bonchev–Trinajstić information content (AvgIpc) is 3.20. The Morgan fingerprint density at radius 3 is 2.52 bits per heavy atom. The Hall–Kier alpha value is -3.42. The van der Waals surface area contributed by atoms with Gasteiger partial charge in [0.15, 0.2) is 11.5 Å². The molecular formula is C21H22FN3O4. The van der Waals surface area contributed by atoms with Crippen molar-refractivity contribution in [2.45, 2.75) is 26.4 Å². The predicted molar refractivity (Wildman–Crippen MR) is 104 cm³/mol. The first-order valence-electron chi connectivity index (χ1n) is 9.05. The van der Waals surface area contributed by atoms with Gasteiger partial charge in [-0.1, -0.05) is 17.3 Å². The molecule has 0 spiro atoms. The lowest BCUT2D eigenvalue weighted by molar-refractivity contribution is 0.0662. The van der Waals surface area contributed by atoms with Crippen LogP contribution in [0.5, 0.6) is 11.5 Å². The summed E-state index contributed by atoms with van der Waals surface area (Å²) >= 11 is 0. The fraction of sp³-hybridized carbons (Fsp3) is 0.286. The van der Waals surface area contributed by atoms with Crippen molar-refractivity contribution in [1.29, 1.82) is 0 Å². The molecule has 7 nitrogen and oxygen atoms in total. The summed E-state index contributed by atoms with van der Waals surface area (Å²) in [6.07, 6.45) is 0. The Labute approximate surface area is 168 Å². The molecule has 0 saturated carbocycles. The number of carbonyl (C=O) groups is 1. The van der Waals surface area contributed by atoms with Crippen molar-refractivity contribution in [1.82, 2.24) is 15.0 Å². The van der Waals surface area contributed by atoms with Gasteiger partial charge in [-0.3, -0.25) is 4.79 Å². The largest absolute Gasteiger partial charge is 0.493 e. The van der Waals surface area contributed by atoms with Gasteiger partial charge in [-0.2, -0.15) is 4.98 Å². The minimum Gasteiger partial charge on any atom is -0.493 e. The molecule has 0 unspecified atom stereocenters. The van der Waals surface area contributed by atoms with Crippen molar-refractivity contribution >= 4 is 5.91 Å². The number of benzene rings is 2. The molecule has 29 heavy (non-hydrogen) atoms. The van der Waals surface area contributed by atoms with Crippen molar-refractivity contribution in [2.75, 3.05) is 14.2 Å². The normalized spacial score (nSPS) is 10.8. The number of rotatable bonds is 7. The van der Waals surface area contributed by atoms with E-state index in [0.29, 0.717) is 22.9 Å². The van der Waals surface area contributed by atoms with Gasteiger partial charge in [-0.25, -0.2) is 4.39 Å². The standard InChI is InChI=1S/C21H22FN3O4/c1-13(2)25(21(26)15-7-5-6-8-16(15)22)12-19-23-20(24-29-19)14-9-10-17(27-3)18(11-14)28-4/h5-11,13H,12H2,1-4H3. The average molecular weight is 399 g/mol. The van der Waals surface area contributed by atoms with Crippen LogP contribution in [-0.4, -0.2) is 41.2 Å². The third kappa shape index (κ3) is 4.37. The van der Waals surface area contributed by atoms with E-state index < -0.39 is 11.7 Å². The van der Waals surface area contributed by atoms with Crippen LogP contribution in [0.2, 0.25) is 0 Å². The highest BCUT2D eigenvalue weighted by atomic mass is 19.1. The molecule has 0 atom stereocenters. The highest BCUT2D eigenvalue weighted by Gasteiger charge is 2.24. The van der Waals surface area contributed by atoms with Crippen LogP contribution in [0.4, 0.5) is 4.39 Å². The highest BCUT2D eigenvalue weighted by molar-refractivity contribution is 5.94. The van der Waals surface area contributed by atoms with E-state index in [1.807, 2.05) is 13.8 Å². The van der Waals surface area contributed by atoms with Gasteiger partial charge in [0.05, 0.1) is 19.8 Å². The second kappa shape index (κ2) is 8.72. The number of ether oxygens (including phenoxy) is 2. The maximum absolute atomic E-state index is 14.0. The molecule has 0 radical (unpaired) electrons. The Morgan fingerprint density at radius 2 is 1.86 bits per heavy atom. The quantitative estimate of drug-likeness (QED) is 0.599. The van der Waals surface area contributed by atoms with Crippen molar-refractivity contribution < 1.29 is 23.2 Å². The molecule has 0 aliphatic carbocycles. The van der Waals surface area contributed by atoms with Crippen LogP contribution >= 0.6 is 0 Å². The minimum atomic E-state index is -0.570. The molecule has 0 aliphatic rings. The lowest BCUT2D eigenvalue weighted by Gasteiger charge is -2.25. The van der Waals surface area contributed by atoms with Gasteiger partial charge in [0, 0.05) is 11.6 Å². The zero-order valence-electron chi connectivity index (χ0n) is 16.7. The number of amides is 1. The van der Waals surface area contributed by atoms with E-state index in [1.165, 1.54) is 24.1 Å². The van der Waals surface area contributed by atoms with Crippen molar-refractivity contribution in [3.8, 4) is 22.9 Å². The van der Waals surface area contributed by atoms with E-state index in [1.54, 1.807) is 37.4 Å². The predicted octanol–water partition coefficient (Wildman–Crippen LogP) is 3.94. The minimum absolute atomic E-state index is 0.000768. The summed E-state index contributed by atoms with van der Waals surface area (Å²) in [6.45, 7) is 3.74. The third-order valence-electron chi connectivity index (χ3n) is 4.40. The lowest BCUT2D eigenvalue weighted by atomic mass is 10.1. The Bertz CT molecular complexity index is 1000. The van der Waals surface area contributed by atoms with Crippen molar-refractivity contribution in [3.05, 3.63) is 59.7 Å². The molecule has 3 aromatic rings. The van der Waals surface area contributed by atoms with Gasteiger partial charge >= 0.3 is 0 Å². The Kier molecular flexibility index (Phi) is 6.11. The molecule has 152 valence electrons. The van der Waals surface area contributed by atoms with Crippen LogP contribution in [0.3, 0.4) is 0 Å². The second-order valence-corrected chi connectivity index (χ2v) is 6.59. The van der Waals surface area contributed by atoms with E-state index in [4.69, 9.17) is 14.0 Å². The van der Waals surface area contributed by atoms with Crippen molar-refractivity contribution in [3.63, 3.8) is 0 Å². The Morgan fingerprint density at radius 1 is 1.14 bits per heavy atom. The second-order valence-electron chi connectivity index (χ2n) is 6.59. The first-order chi connectivity index (χ1) is 13.9. The SMILES string of the molecule is COc1ccc(-c2noc(CN(C(=O)c3ccccc3F)C(C)C)n2)cc1OC. The number of hydrogen-bond acceptors (Lipinski definition) is 6. The summed E-state index contributed by atoms with van der Waals surface area (Å²) in [5.74, 6) is 0.705. The topological polar surface area (TPSA) is 77.7 Å². The smallest absolute Gasteiger partial charge is 0.257 e. The first-order valence-corrected chi connectivity index (χ1v) is 9.05. The number of nitrogens with zero attached hydrogens (tertiary/aromatic N) is 3. The number of hydrogen-bond donors (Lipinski definition) is 0. The fourth-order valence-electron chi connectivity index (χ4n) is 2.84. The molecule has 0 bridgehead atoms. The number of aromatic nitrogens is 2. The van der Waals surface area contributed by atoms with E-state index in [2.05, 4.69) is 10.1 Å². The first kappa shape index (κ1) is 20.3. The van der Waals surface area contributed by atoms with Gasteiger partial charge in [0.1, 0.15) is 12.4 Å². The molecule has 1 heterocycles. The maximum atomic E-state index is 14.0. The number of methoxy groups -OCH3 is 2. The molecule has 3 rings (SSSR count). The summed E-state index contributed by atoms with van der Waals surface area (Å²) in [5, 5.41) is 3.98. The molecule has 8 heteroatoms. The van der Waals surface area contributed by atoms with Crippen LogP contribution in [0.1, 0.15) is 30.1 Å². The summed E-state index contributed by atoms with van der Waals surface area (Å²) in [5.41, 5.74) is 0.676. The molecule has 0 aliphatic heterocycles. The van der Waals surface area contributed by atoms with Crippen LogP contribution in [0, 0.1) is 5.82 Å². The molecule has 1 amide bonds. The molecule has 2 aromatic carbocycles. The van der Waals surface area contributed by atoms with Gasteiger partial charge in [0.25, 0.3) is 5.91 Å². The number of halogens is 1.